The molecule has 0 bridgehead atoms. The summed E-state index contributed by atoms with van der Waals surface area (Å²) in [6.45, 7) is 23.2. The van der Waals surface area contributed by atoms with Crippen LogP contribution in [0.15, 0.2) is 0 Å². The second kappa shape index (κ2) is 4.68. The Morgan fingerprint density at radius 2 is 1.06 bits per heavy atom. The molecule has 0 unspecified atom stereocenters. The first-order chi connectivity index (χ1) is 6.84. The molecule has 0 fully saturated rings. The molecule has 0 rings (SSSR count). The molecule has 0 atom stereocenters. The van der Waals surface area contributed by atoms with Gasteiger partial charge in [0.15, 0.2) is 0 Å². The summed E-state index contributed by atoms with van der Waals surface area (Å²) in [5.41, 5.74) is 0.587. The van der Waals surface area contributed by atoms with Gasteiger partial charge in [-0.05, 0) is 44.9 Å². The first-order valence-electron chi connectivity index (χ1n) is 6.64. The van der Waals surface area contributed by atoms with E-state index in [9.17, 15) is 0 Å². The van der Waals surface area contributed by atoms with E-state index in [2.05, 4.69) is 74.6 Å². The lowest BCUT2D eigenvalue weighted by molar-refractivity contribution is 0.0569. The predicted molar refractivity (Wildman–Crippen MR) is 74.8 cm³/mol. The zero-order valence-corrected chi connectivity index (χ0v) is 13.2. The van der Waals surface area contributed by atoms with Gasteiger partial charge in [0.2, 0.25) is 0 Å². The molecule has 0 aliphatic heterocycles. The smallest absolute Gasteiger partial charge is 0.0183 e. The zero-order valence-electron chi connectivity index (χ0n) is 13.2. The summed E-state index contributed by atoms with van der Waals surface area (Å²) in [7, 11) is 0. The van der Waals surface area contributed by atoms with Crippen LogP contribution in [-0.4, -0.2) is 11.1 Å². The largest absolute Gasteiger partial charge is 0.306 e. The zero-order chi connectivity index (χ0) is 13.4. The monoisotopic (exact) mass is 227 g/mol. The first-order valence-corrected chi connectivity index (χ1v) is 6.64. The summed E-state index contributed by atoms with van der Waals surface area (Å²) in [5.74, 6) is 1.30. The Morgan fingerprint density at radius 1 is 0.688 bits per heavy atom. The Bertz CT molecular complexity index is 222. The molecule has 0 saturated carbocycles. The number of hydrogen-bond acceptors (Lipinski definition) is 1. The van der Waals surface area contributed by atoms with Crippen LogP contribution in [0.25, 0.3) is 0 Å². The Labute approximate surface area is 103 Å². The van der Waals surface area contributed by atoms with Crippen LogP contribution in [-0.2, 0) is 0 Å². The molecule has 0 aromatic heterocycles. The fraction of sp³-hybridized carbons (Fsp3) is 1.00. The molecule has 0 radical (unpaired) electrons. The molecule has 0 aliphatic carbocycles. The molecule has 1 nitrogen and oxygen atoms in total. The maximum atomic E-state index is 3.85. The fourth-order valence-electron chi connectivity index (χ4n) is 1.83. The van der Waals surface area contributed by atoms with Crippen LogP contribution in [0.3, 0.4) is 0 Å². The Morgan fingerprint density at radius 3 is 1.31 bits per heavy atom. The van der Waals surface area contributed by atoms with Crippen molar-refractivity contribution in [1.82, 2.24) is 5.32 Å². The molecule has 16 heavy (non-hydrogen) atoms. The van der Waals surface area contributed by atoms with E-state index < -0.39 is 0 Å². The number of rotatable bonds is 5. The summed E-state index contributed by atoms with van der Waals surface area (Å²) < 4.78 is 0. The Kier molecular flexibility index (Phi) is 4.67. The summed E-state index contributed by atoms with van der Waals surface area (Å²) in [6.07, 6.45) is 0. The van der Waals surface area contributed by atoms with Gasteiger partial charge in [0.1, 0.15) is 0 Å². The van der Waals surface area contributed by atoms with Crippen molar-refractivity contribution < 1.29 is 0 Å². The molecule has 98 valence electrons. The van der Waals surface area contributed by atoms with Crippen molar-refractivity contribution in [2.45, 2.75) is 80.3 Å². The van der Waals surface area contributed by atoms with Crippen molar-refractivity contribution in [3.05, 3.63) is 0 Å². The van der Waals surface area contributed by atoms with E-state index in [1.54, 1.807) is 0 Å². The van der Waals surface area contributed by atoms with Crippen LogP contribution < -0.4 is 5.32 Å². The van der Waals surface area contributed by atoms with Crippen LogP contribution in [0, 0.1) is 17.3 Å². The van der Waals surface area contributed by atoms with Gasteiger partial charge in [0, 0.05) is 11.1 Å². The van der Waals surface area contributed by atoms with Gasteiger partial charge >= 0.3 is 0 Å². The molecular weight excluding hydrogens is 194 g/mol. The summed E-state index contributed by atoms with van der Waals surface area (Å²) in [4.78, 5) is 0. The minimum Gasteiger partial charge on any atom is -0.306 e. The van der Waals surface area contributed by atoms with Crippen LogP contribution in [0.1, 0.15) is 69.2 Å². The summed E-state index contributed by atoms with van der Waals surface area (Å²) in [5, 5.41) is 3.85. The van der Waals surface area contributed by atoms with Crippen molar-refractivity contribution in [1.29, 1.82) is 0 Å². The third-order valence-electron chi connectivity index (χ3n) is 5.13. The molecule has 0 aromatic carbocycles. The maximum Gasteiger partial charge on any atom is 0.0183 e. The van der Waals surface area contributed by atoms with Crippen molar-refractivity contribution >= 4 is 0 Å². The van der Waals surface area contributed by atoms with E-state index >= 15 is 0 Å². The standard InChI is InChI=1S/C15H33N/c1-11(2)13(5,6)15(9,10)16-14(7,8)12(3)4/h11-12,16H,1-10H3. The molecule has 1 N–H and O–H groups in total. The molecular formula is C15H33N. The second-order valence-electron chi connectivity index (χ2n) is 7.50. The van der Waals surface area contributed by atoms with Gasteiger partial charge in [-0.3, -0.25) is 0 Å². The van der Waals surface area contributed by atoms with Gasteiger partial charge < -0.3 is 5.32 Å². The average Bonchev–Trinajstić information content (AvgIpc) is 2.00. The normalized spacial score (nSPS) is 15.0. The van der Waals surface area contributed by atoms with E-state index in [1.807, 2.05) is 0 Å². The van der Waals surface area contributed by atoms with Crippen molar-refractivity contribution in [3.8, 4) is 0 Å². The number of hydrogen-bond donors (Lipinski definition) is 1. The van der Waals surface area contributed by atoms with Gasteiger partial charge in [-0.1, -0.05) is 41.5 Å². The fourth-order valence-corrected chi connectivity index (χ4v) is 1.83. The molecule has 0 amide bonds. The number of nitrogens with one attached hydrogen (secondary N) is 1. The van der Waals surface area contributed by atoms with Gasteiger partial charge in [-0.2, -0.15) is 0 Å². The third kappa shape index (κ3) is 3.23. The molecule has 1 heteroatoms. The van der Waals surface area contributed by atoms with E-state index in [0.29, 0.717) is 11.8 Å². The lowest BCUT2D eigenvalue weighted by Crippen LogP contribution is -2.62. The van der Waals surface area contributed by atoms with Gasteiger partial charge in [0.05, 0.1) is 0 Å². The quantitative estimate of drug-likeness (QED) is 0.730. The predicted octanol–water partition coefficient (Wildman–Crippen LogP) is 4.47. The van der Waals surface area contributed by atoms with Crippen molar-refractivity contribution in [2.75, 3.05) is 0 Å². The molecule has 0 aliphatic rings. The van der Waals surface area contributed by atoms with E-state index in [4.69, 9.17) is 0 Å². The van der Waals surface area contributed by atoms with Crippen LogP contribution >= 0.6 is 0 Å². The summed E-state index contributed by atoms with van der Waals surface area (Å²) in [6, 6.07) is 0. The highest BCUT2D eigenvalue weighted by Gasteiger charge is 2.42. The van der Waals surface area contributed by atoms with Crippen molar-refractivity contribution in [3.63, 3.8) is 0 Å². The molecule has 0 saturated heterocycles. The van der Waals surface area contributed by atoms with E-state index in [-0.39, 0.29) is 16.5 Å². The Hall–Kier alpha value is -0.0400. The molecule has 0 spiro atoms. The molecule has 0 heterocycles. The third-order valence-corrected chi connectivity index (χ3v) is 5.13. The van der Waals surface area contributed by atoms with Gasteiger partial charge in [0.25, 0.3) is 0 Å². The lowest BCUT2D eigenvalue weighted by Gasteiger charge is -2.50. The average molecular weight is 227 g/mol. The SMILES string of the molecule is CC(C)C(C)(C)NC(C)(C)C(C)(C)C(C)C. The highest BCUT2D eigenvalue weighted by molar-refractivity contribution is 4.99. The first kappa shape index (κ1) is 16.0. The maximum absolute atomic E-state index is 3.85. The highest BCUT2D eigenvalue weighted by atomic mass is 15.1. The van der Waals surface area contributed by atoms with Crippen LogP contribution in [0.4, 0.5) is 0 Å². The van der Waals surface area contributed by atoms with E-state index in [1.165, 1.54) is 0 Å². The van der Waals surface area contributed by atoms with E-state index in [0.717, 1.165) is 0 Å². The summed E-state index contributed by atoms with van der Waals surface area (Å²) >= 11 is 0. The van der Waals surface area contributed by atoms with Gasteiger partial charge in [-0.15, -0.1) is 0 Å². The van der Waals surface area contributed by atoms with Crippen molar-refractivity contribution in [2.24, 2.45) is 17.3 Å². The Balaban J connectivity index is 4.96. The minimum absolute atomic E-state index is 0.134. The topological polar surface area (TPSA) is 12.0 Å². The van der Waals surface area contributed by atoms with Crippen LogP contribution in [0.2, 0.25) is 0 Å². The van der Waals surface area contributed by atoms with Gasteiger partial charge in [-0.25, -0.2) is 0 Å². The molecule has 0 aromatic rings. The minimum atomic E-state index is 0.134. The lowest BCUT2D eigenvalue weighted by atomic mass is 9.66. The van der Waals surface area contributed by atoms with Crippen LogP contribution in [0.5, 0.6) is 0 Å². The second-order valence-corrected chi connectivity index (χ2v) is 7.50. The highest BCUT2D eigenvalue weighted by Crippen LogP contribution is 2.39.